The largest absolute Gasteiger partial charge is 0.316 e. The van der Waals surface area contributed by atoms with E-state index in [2.05, 4.69) is 46.9 Å². The zero-order valence-corrected chi connectivity index (χ0v) is 9.57. The van der Waals surface area contributed by atoms with E-state index in [1.807, 2.05) is 0 Å². The van der Waals surface area contributed by atoms with Gasteiger partial charge in [-0.3, -0.25) is 0 Å². The lowest BCUT2D eigenvalue weighted by Crippen LogP contribution is -2.31. The van der Waals surface area contributed by atoms with Gasteiger partial charge in [-0.2, -0.15) is 0 Å². The van der Waals surface area contributed by atoms with E-state index in [1.54, 1.807) is 0 Å². The highest BCUT2D eigenvalue weighted by molar-refractivity contribution is 4.67. The SMILES string of the molecule is CC(C)C(C)CNCC(C)(C)C. The van der Waals surface area contributed by atoms with Crippen LogP contribution in [0.3, 0.4) is 0 Å². The van der Waals surface area contributed by atoms with E-state index >= 15 is 0 Å². The first-order valence-corrected chi connectivity index (χ1v) is 5.03. The van der Waals surface area contributed by atoms with E-state index in [0.717, 1.165) is 24.9 Å². The number of rotatable bonds is 4. The predicted molar refractivity (Wildman–Crippen MR) is 56.3 cm³/mol. The Morgan fingerprint density at radius 2 is 1.58 bits per heavy atom. The van der Waals surface area contributed by atoms with Crippen molar-refractivity contribution in [1.29, 1.82) is 0 Å². The van der Waals surface area contributed by atoms with Crippen molar-refractivity contribution in [1.82, 2.24) is 5.32 Å². The Bertz CT molecular complexity index is 111. The Hall–Kier alpha value is -0.0400. The molecule has 74 valence electrons. The molecule has 0 aromatic rings. The fraction of sp³-hybridized carbons (Fsp3) is 1.00. The zero-order chi connectivity index (χ0) is 9.78. The minimum Gasteiger partial charge on any atom is -0.316 e. The van der Waals surface area contributed by atoms with E-state index in [-0.39, 0.29) is 0 Å². The molecule has 1 heteroatoms. The van der Waals surface area contributed by atoms with Crippen LogP contribution in [0, 0.1) is 17.3 Å². The van der Waals surface area contributed by atoms with Gasteiger partial charge in [-0.25, -0.2) is 0 Å². The van der Waals surface area contributed by atoms with Gasteiger partial charge >= 0.3 is 0 Å². The first kappa shape index (κ1) is 12.0. The molecule has 12 heavy (non-hydrogen) atoms. The summed E-state index contributed by atoms with van der Waals surface area (Å²) in [5, 5.41) is 3.51. The maximum absolute atomic E-state index is 3.51. The Morgan fingerprint density at radius 1 is 1.08 bits per heavy atom. The molecule has 0 saturated carbocycles. The Labute approximate surface area is 77.9 Å². The van der Waals surface area contributed by atoms with Crippen LogP contribution >= 0.6 is 0 Å². The second-order valence-corrected chi connectivity index (χ2v) is 5.41. The third-order valence-electron chi connectivity index (χ3n) is 2.26. The lowest BCUT2D eigenvalue weighted by Gasteiger charge is -2.22. The van der Waals surface area contributed by atoms with Crippen molar-refractivity contribution in [3.8, 4) is 0 Å². The van der Waals surface area contributed by atoms with Crippen molar-refractivity contribution >= 4 is 0 Å². The molecule has 0 aliphatic carbocycles. The number of hydrogen-bond donors (Lipinski definition) is 1. The minimum atomic E-state index is 0.413. The molecule has 1 nitrogen and oxygen atoms in total. The number of nitrogens with one attached hydrogen (secondary N) is 1. The second kappa shape index (κ2) is 4.86. The summed E-state index contributed by atoms with van der Waals surface area (Å²) in [5.74, 6) is 1.57. The van der Waals surface area contributed by atoms with Gasteiger partial charge in [0.15, 0.2) is 0 Å². The highest BCUT2D eigenvalue weighted by Crippen LogP contribution is 2.12. The van der Waals surface area contributed by atoms with Crippen molar-refractivity contribution in [2.75, 3.05) is 13.1 Å². The minimum absolute atomic E-state index is 0.413. The zero-order valence-electron chi connectivity index (χ0n) is 9.57. The van der Waals surface area contributed by atoms with Gasteiger partial charge in [-0.05, 0) is 30.3 Å². The summed E-state index contributed by atoms with van der Waals surface area (Å²) >= 11 is 0. The summed E-state index contributed by atoms with van der Waals surface area (Å²) in [6.45, 7) is 15.9. The van der Waals surface area contributed by atoms with Crippen molar-refractivity contribution in [2.24, 2.45) is 17.3 Å². The Kier molecular flexibility index (Phi) is 4.84. The van der Waals surface area contributed by atoms with Gasteiger partial charge < -0.3 is 5.32 Å². The van der Waals surface area contributed by atoms with Crippen LogP contribution in [0.5, 0.6) is 0 Å². The summed E-state index contributed by atoms with van der Waals surface area (Å²) < 4.78 is 0. The van der Waals surface area contributed by atoms with Gasteiger partial charge in [0.2, 0.25) is 0 Å². The molecule has 0 aliphatic rings. The first-order chi connectivity index (χ1) is 5.33. The molecule has 0 rings (SSSR count). The summed E-state index contributed by atoms with van der Waals surface area (Å²) in [5.41, 5.74) is 0.413. The van der Waals surface area contributed by atoms with Gasteiger partial charge in [0.05, 0.1) is 0 Å². The maximum Gasteiger partial charge on any atom is -0.000000947 e. The van der Waals surface area contributed by atoms with E-state index in [1.165, 1.54) is 0 Å². The lowest BCUT2D eigenvalue weighted by atomic mass is 9.95. The molecule has 1 N–H and O–H groups in total. The van der Waals surface area contributed by atoms with Gasteiger partial charge in [0.1, 0.15) is 0 Å². The molecule has 1 atom stereocenters. The molecule has 0 amide bonds. The summed E-state index contributed by atoms with van der Waals surface area (Å²) in [7, 11) is 0. The van der Waals surface area contributed by atoms with Crippen LogP contribution in [-0.2, 0) is 0 Å². The summed E-state index contributed by atoms with van der Waals surface area (Å²) in [6, 6.07) is 0. The molecule has 0 radical (unpaired) electrons. The van der Waals surface area contributed by atoms with Gasteiger partial charge in [-0.1, -0.05) is 41.5 Å². The smallest absolute Gasteiger partial charge is 0.000000947 e. The van der Waals surface area contributed by atoms with Crippen molar-refractivity contribution in [3.63, 3.8) is 0 Å². The van der Waals surface area contributed by atoms with Crippen LogP contribution in [0.25, 0.3) is 0 Å². The molecule has 0 aromatic heterocycles. The van der Waals surface area contributed by atoms with Crippen LogP contribution in [0.4, 0.5) is 0 Å². The lowest BCUT2D eigenvalue weighted by molar-refractivity contribution is 0.334. The van der Waals surface area contributed by atoms with Gasteiger partial charge in [0, 0.05) is 0 Å². The Morgan fingerprint density at radius 3 is 1.92 bits per heavy atom. The average Bonchev–Trinajstić information content (AvgIpc) is 1.84. The van der Waals surface area contributed by atoms with Crippen LogP contribution in [-0.4, -0.2) is 13.1 Å². The second-order valence-electron chi connectivity index (χ2n) is 5.41. The van der Waals surface area contributed by atoms with Crippen molar-refractivity contribution in [2.45, 2.75) is 41.5 Å². The van der Waals surface area contributed by atoms with Gasteiger partial charge in [0.25, 0.3) is 0 Å². The van der Waals surface area contributed by atoms with Crippen LogP contribution in [0.2, 0.25) is 0 Å². The predicted octanol–water partition coefficient (Wildman–Crippen LogP) is 2.91. The fourth-order valence-corrected chi connectivity index (χ4v) is 0.911. The van der Waals surface area contributed by atoms with Crippen LogP contribution < -0.4 is 5.32 Å². The molecule has 0 bridgehead atoms. The first-order valence-electron chi connectivity index (χ1n) is 5.03. The van der Waals surface area contributed by atoms with Crippen molar-refractivity contribution < 1.29 is 0 Å². The third-order valence-corrected chi connectivity index (χ3v) is 2.26. The monoisotopic (exact) mass is 171 g/mol. The normalized spacial score (nSPS) is 15.2. The summed E-state index contributed by atoms with van der Waals surface area (Å²) in [4.78, 5) is 0. The van der Waals surface area contributed by atoms with E-state index in [9.17, 15) is 0 Å². The van der Waals surface area contributed by atoms with E-state index < -0.39 is 0 Å². The fourth-order valence-electron chi connectivity index (χ4n) is 0.911. The molecule has 0 spiro atoms. The molecule has 0 aliphatic heterocycles. The standard InChI is InChI=1S/C11H25N/c1-9(2)10(3)7-12-8-11(4,5)6/h9-10,12H,7-8H2,1-6H3. The van der Waals surface area contributed by atoms with Crippen LogP contribution in [0.1, 0.15) is 41.5 Å². The van der Waals surface area contributed by atoms with Gasteiger partial charge in [-0.15, -0.1) is 0 Å². The average molecular weight is 171 g/mol. The maximum atomic E-state index is 3.51. The molecule has 1 unspecified atom stereocenters. The molecule has 0 fully saturated rings. The third kappa shape index (κ3) is 6.66. The molecular weight excluding hydrogens is 146 g/mol. The highest BCUT2D eigenvalue weighted by atomic mass is 14.9. The van der Waals surface area contributed by atoms with E-state index in [0.29, 0.717) is 5.41 Å². The summed E-state index contributed by atoms with van der Waals surface area (Å²) in [6.07, 6.45) is 0. The van der Waals surface area contributed by atoms with E-state index in [4.69, 9.17) is 0 Å². The highest BCUT2D eigenvalue weighted by Gasteiger charge is 2.11. The van der Waals surface area contributed by atoms with Crippen molar-refractivity contribution in [3.05, 3.63) is 0 Å². The quantitative estimate of drug-likeness (QED) is 0.686. The molecule has 0 aromatic carbocycles. The molecular formula is C11H25N. The topological polar surface area (TPSA) is 12.0 Å². The molecule has 0 heterocycles. The Balaban J connectivity index is 3.44. The number of hydrogen-bond acceptors (Lipinski definition) is 1. The van der Waals surface area contributed by atoms with Crippen LogP contribution in [0.15, 0.2) is 0 Å². The molecule has 0 saturated heterocycles.